The maximum Gasteiger partial charge on any atom is 0.233 e. The van der Waals surface area contributed by atoms with Gasteiger partial charge in [-0.2, -0.15) is 4.39 Å². The fourth-order valence-electron chi connectivity index (χ4n) is 4.02. The number of carbonyl (C=O) groups excluding carboxylic acids is 1. The molecule has 1 aromatic carbocycles. The highest BCUT2D eigenvalue weighted by Gasteiger charge is 2.27. The number of nitrogens with zero attached hydrogens (tertiary/aromatic N) is 2. The molecule has 0 unspecified atom stereocenters. The number of carbonyl (C=O) groups is 1. The van der Waals surface area contributed by atoms with Gasteiger partial charge >= 0.3 is 0 Å². The topological polar surface area (TPSA) is 98.2 Å². The number of anilines is 1. The summed E-state index contributed by atoms with van der Waals surface area (Å²) < 4.78 is 42.2. The zero-order valence-corrected chi connectivity index (χ0v) is 19.7. The molecule has 1 atom stereocenters. The molecular formula is C23H24FN3O4S2. The monoisotopic (exact) mass is 489 g/mol. The van der Waals surface area contributed by atoms with Crippen molar-refractivity contribution in [3.05, 3.63) is 60.3 Å². The van der Waals surface area contributed by atoms with Gasteiger partial charge in [-0.15, -0.1) is 0 Å². The molecule has 1 aliphatic rings. The Hall–Kier alpha value is -2.85. The summed E-state index contributed by atoms with van der Waals surface area (Å²) in [4.78, 5) is 21.2. The van der Waals surface area contributed by atoms with E-state index < -0.39 is 21.7 Å². The molecular weight excluding hydrogens is 465 g/mol. The lowest BCUT2D eigenvalue weighted by molar-refractivity contribution is -0.118. The highest BCUT2D eigenvalue weighted by atomic mass is 32.2. The van der Waals surface area contributed by atoms with E-state index in [2.05, 4.69) is 15.3 Å². The number of amides is 1. The van der Waals surface area contributed by atoms with Gasteiger partial charge in [0.05, 0.1) is 23.2 Å². The van der Waals surface area contributed by atoms with Crippen molar-refractivity contribution in [3.63, 3.8) is 0 Å². The third kappa shape index (κ3) is 6.14. The van der Waals surface area contributed by atoms with Crippen molar-refractivity contribution >= 4 is 32.2 Å². The number of hydrogen-bond donors (Lipinski definition) is 1. The van der Waals surface area contributed by atoms with Crippen LogP contribution in [0.2, 0.25) is 0 Å². The predicted octanol–water partition coefficient (Wildman–Crippen LogP) is 5.18. The molecule has 0 spiro atoms. The third-order valence-electron chi connectivity index (χ3n) is 5.70. The molecule has 1 fully saturated rings. The molecule has 0 aliphatic heterocycles. The molecule has 3 aromatic rings. The molecule has 1 N–H and O–H groups in total. The number of aromatic nitrogens is 2. The van der Waals surface area contributed by atoms with Crippen LogP contribution in [0.4, 0.5) is 9.52 Å². The lowest BCUT2D eigenvalue weighted by Crippen LogP contribution is -2.23. The van der Waals surface area contributed by atoms with Crippen LogP contribution in [0.5, 0.6) is 10.8 Å². The first kappa shape index (κ1) is 23.3. The van der Waals surface area contributed by atoms with Gasteiger partial charge in [-0.25, -0.2) is 18.4 Å². The fourth-order valence-corrected chi connectivity index (χ4v) is 5.34. The first-order chi connectivity index (χ1) is 15.8. The quantitative estimate of drug-likeness (QED) is 0.438. The van der Waals surface area contributed by atoms with Gasteiger partial charge in [0, 0.05) is 6.26 Å². The molecule has 7 nitrogen and oxygen atoms in total. The molecule has 2 aromatic heterocycles. The molecule has 10 heteroatoms. The van der Waals surface area contributed by atoms with E-state index in [-0.39, 0.29) is 10.8 Å². The maximum absolute atomic E-state index is 13.2. The standard InChI is InChI=1S/C23H24FN3O4S2/c1-33(29,30)18-9-6-16(7-10-18)19(12-15-4-2-3-5-15)22(28)27-23-26-14-21(32-23)31-17-8-11-20(24)25-13-17/h6-11,13-15,19H,2-5,12H2,1H3,(H,26,27,28)/t19-/m1/s1. The van der Waals surface area contributed by atoms with Crippen LogP contribution in [-0.2, 0) is 14.6 Å². The number of pyridine rings is 1. The van der Waals surface area contributed by atoms with Crippen molar-refractivity contribution < 1.29 is 22.3 Å². The Morgan fingerprint density at radius 3 is 2.52 bits per heavy atom. The minimum absolute atomic E-state index is 0.196. The van der Waals surface area contributed by atoms with Gasteiger partial charge in [0.25, 0.3) is 0 Å². The summed E-state index contributed by atoms with van der Waals surface area (Å²) in [7, 11) is -3.31. The molecule has 1 amide bonds. The van der Waals surface area contributed by atoms with Crippen LogP contribution in [0.3, 0.4) is 0 Å². The fraction of sp³-hybridized carbons (Fsp3) is 0.348. The Balaban J connectivity index is 1.49. The second kappa shape index (κ2) is 9.96. The van der Waals surface area contributed by atoms with E-state index in [0.29, 0.717) is 28.3 Å². The number of ether oxygens (including phenoxy) is 1. The van der Waals surface area contributed by atoms with Gasteiger partial charge in [-0.3, -0.25) is 4.79 Å². The Labute approximate surface area is 196 Å². The summed E-state index contributed by atoms with van der Waals surface area (Å²) in [6.07, 6.45) is 9.11. The summed E-state index contributed by atoms with van der Waals surface area (Å²) >= 11 is 1.16. The second-order valence-corrected chi connectivity index (χ2v) is 11.2. The van der Waals surface area contributed by atoms with E-state index in [0.717, 1.165) is 48.8 Å². The molecule has 0 bridgehead atoms. The van der Waals surface area contributed by atoms with Crippen molar-refractivity contribution in [2.45, 2.75) is 42.9 Å². The molecule has 0 saturated heterocycles. The number of sulfone groups is 1. The number of halogens is 1. The van der Waals surface area contributed by atoms with Crippen molar-refractivity contribution in [3.8, 4) is 10.8 Å². The molecule has 0 radical (unpaired) electrons. The lowest BCUT2D eigenvalue weighted by atomic mass is 9.87. The van der Waals surface area contributed by atoms with Crippen molar-refractivity contribution in [2.75, 3.05) is 11.6 Å². The Morgan fingerprint density at radius 1 is 1.15 bits per heavy atom. The van der Waals surface area contributed by atoms with Crippen LogP contribution in [0.1, 0.15) is 43.6 Å². The lowest BCUT2D eigenvalue weighted by Gasteiger charge is -2.20. The Bertz CT molecular complexity index is 1210. The smallest absolute Gasteiger partial charge is 0.233 e. The number of thiazole rings is 1. The van der Waals surface area contributed by atoms with E-state index in [1.165, 1.54) is 24.5 Å². The largest absolute Gasteiger partial charge is 0.443 e. The van der Waals surface area contributed by atoms with E-state index in [1.807, 2.05) is 0 Å². The molecule has 174 valence electrons. The first-order valence-corrected chi connectivity index (χ1v) is 13.3. The minimum atomic E-state index is -3.31. The van der Waals surface area contributed by atoms with E-state index in [1.54, 1.807) is 24.3 Å². The summed E-state index contributed by atoms with van der Waals surface area (Å²) in [5.74, 6) is -0.397. The van der Waals surface area contributed by atoms with Gasteiger partial charge in [-0.1, -0.05) is 49.2 Å². The Morgan fingerprint density at radius 2 is 1.88 bits per heavy atom. The van der Waals surface area contributed by atoms with Crippen molar-refractivity contribution in [2.24, 2.45) is 5.92 Å². The molecule has 33 heavy (non-hydrogen) atoms. The zero-order chi connectivity index (χ0) is 23.4. The highest BCUT2D eigenvalue weighted by Crippen LogP contribution is 2.36. The maximum atomic E-state index is 13.2. The highest BCUT2D eigenvalue weighted by molar-refractivity contribution is 7.90. The number of benzene rings is 1. The molecule has 1 saturated carbocycles. The molecule has 4 rings (SSSR count). The summed E-state index contributed by atoms with van der Waals surface area (Å²) in [6, 6.07) is 9.18. The van der Waals surface area contributed by atoms with Crippen LogP contribution in [0.25, 0.3) is 0 Å². The summed E-state index contributed by atoms with van der Waals surface area (Å²) in [5.41, 5.74) is 0.775. The van der Waals surface area contributed by atoms with Crippen LogP contribution >= 0.6 is 11.3 Å². The van der Waals surface area contributed by atoms with Gasteiger partial charge in [0.1, 0.15) is 5.75 Å². The SMILES string of the molecule is CS(=O)(=O)c1ccc([C@@H](CC2CCCC2)C(=O)Nc2ncc(Oc3ccc(F)nc3)s2)cc1. The number of nitrogens with one attached hydrogen (secondary N) is 1. The van der Waals surface area contributed by atoms with Gasteiger partial charge in [-0.05, 0) is 42.2 Å². The molecule has 2 heterocycles. The summed E-state index contributed by atoms with van der Waals surface area (Å²) in [6.45, 7) is 0. The summed E-state index contributed by atoms with van der Waals surface area (Å²) in [5, 5.41) is 3.69. The second-order valence-electron chi connectivity index (χ2n) is 8.17. The van der Waals surface area contributed by atoms with E-state index in [4.69, 9.17) is 4.74 Å². The molecule has 1 aliphatic carbocycles. The van der Waals surface area contributed by atoms with Crippen LogP contribution in [0.15, 0.2) is 53.7 Å². The average Bonchev–Trinajstić information content (AvgIpc) is 3.45. The van der Waals surface area contributed by atoms with E-state index in [9.17, 15) is 17.6 Å². The van der Waals surface area contributed by atoms with E-state index >= 15 is 0 Å². The first-order valence-electron chi connectivity index (χ1n) is 10.6. The third-order valence-corrected chi connectivity index (χ3v) is 7.62. The van der Waals surface area contributed by atoms with Crippen LogP contribution in [0, 0.1) is 11.9 Å². The van der Waals surface area contributed by atoms with Gasteiger partial charge < -0.3 is 10.1 Å². The van der Waals surface area contributed by atoms with Crippen molar-refractivity contribution in [1.82, 2.24) is 9.97 Å². The predicted molar refractivity (Wildman–Crippen MR) is 124 cm³/mol. The normalized spacial score (nSPS) is 15.3. The van der Waals surface area contributed by atoms with Gasteiger partial charge in [0.15, 0.2) is 15.0 Å². The number of hydrogen-bond acceptors (Lipinski definition) is 7. The van der Waals surface area contributed by atoms with Crippen LogP contribution in [-0.4, -0.2) is 30.5 Å². The number of rotatable bonds is 8. The zero-order valence-electron chi connectivity index (χ0n) is 18.0. The van der Waals surface area contributed by atoms with Gasteiger partial charge in [0.2, 0.25) is 16.9 Å². The minimum Gasteiger partial charge on any atom is -0.443 e. The Kier molecular flexibility index (Phi) is 7.04. The van der Waals surface area contributed by atoms with Crippen molar-refractivity contribution in [1.29, 1.82) is 0 Å². The van der Waals surface area contributed by atoms with Crippen LogP contribution < -0.4 is 10.1 Å². The average molecular weight is 490 g/mol.